The predicted octanol–water partition coefficient (Wildman–Crippen LogP) is 6.12. The lowest BCUT2D eigenvalue weighted by molar-refractivity contribution is 0.310. The quantitative estimate of drug-likeness (QED) is 0.661. The van der Waals surface area contributed by atoms with Crippen LogP contribution < -0.4 is 4.74 Å². The van der Waals surface area contributed by atoms with Crippen LogP contribution in [0, 0.1) is 11.7 Å². The first kappa shape index (κ1) is 14.8. The molecule has 0 radical (unpaired) electrons. The van der Waals surface area contributed by atoms with Crippen LogP contribution in [0.25, 0.3) is 10.1 Å². The second-order valence-corrected chi connectivity index (χ2v) is 7.24. The first-order valence-corrected chi connectivity index (χ1v) is 8.80. The van der Waals surface area contributed by atoms with Crippen LogP contribution in [0.1, 0.15) is 56.2 Å². The molecule has 114 valence electrons. The molecule has 3 heteroatoms. The van der Waals surface area contributed by atoms with Gasteiger partial charge in [0.05, 0.1) is 11.8 Å². The summed E-state index contributed by atoms with van der Waals surface area (Å²) >= 11 is 1.62. The van der Waals surface area contributed by atoms with Gasteiger partial charge in [0.15, 0.2) is 11.6 Å². The highest BCUT2D eigenvalue weighted by molar-refractivity contribution is 7.19. The van der Waals surface area contributed by atoms with Crippen molar-refractivity contribution >= 4 is 21.4 Å². The van der Waals surface area contributed by atoms with E-state index in [0.717, 1.165) is 16.0 Å². The van der Waals surface area contributed by atoms with Gasteiger partial charge in [0.25, 0.3) is 0 Å². The fourth-order valence-corrected chi connectivity index (χ4v) is 4.83. The monoisotopic (exact) mass is 306 g/mol. The van der Waals surface area contributed by atoms with Gasteiger partial charge in [-0.05, 0) is 61.1 Å². The summed E-state index contributed by atoms with van der Waals surface area (Å²) in [5.74, 6) is 1.69. The summed E-state index contributed by atoms with van der Waals surface area (Å²) < 4.78 is 20.1. The van der Waals surface area contributed by atoms with Crippen LogP contribution >= 0.6 is 11.3 Å². The molecule has 0 aliphatic heterocycles. The molecule has 1 heterocycles. The molecule has 0 N–H and O–H groups in total. The minimum absolute atomic E-state index is 0.203. The Kier molecular flexibility index (Phi) is 4.48. The molecule has 1 aliphatic carbocycles. The van der Waals surface area contributed by atoms with Crippen molar-refractivity contribution in [1.82, 2.24) is 0 Å². The van der Waals surface area contributed by atoms with Crippen molar-refractivity contribution < 1.29 is 9.13 Å². The molecular formula is C18H23FOS. The number of fused-ring (bicyclic) bond motifs is 1. The fourth-order valence-electron chi connectivity index (χ4n) is 3.57. The van der Waals surface area contributed by atoms with Gasteiger partial charge >= 0.3 is 0 Å². The van der Waals surface area contributed by atoms with Crippen LogP contribution in [0.15, 0.2) is 18.2 Å². The van der Waals surface area contributed by atoms with Crippen LogP contribution in [-0.2, 0) is 0 Å². The molecule has 0 unspecified atom stereocenters. The highest BCUT2D eigenvalue weighted by Gasteiger charge is 2.24. The van der Waals surface area contributed by atoms with Crippen LogP contribution in [0.3, 0.4) is 0 Å². The lowest BCUT2D eigenvalue weighted by Gasteiger charge is -2.27. The van der Waals surface area contributed by atoms with Crippen molar-refractivity contribution in [3.63, 3.8) is 0 Å². The highest BCUT2D eigenvalue weighted by Crippen LogP contribution is 2.43. The van der Waals surface area contributed by atoms with Gasteiger partial charge in [0.2, 0.25) is 0 Å². The molecular weight excluding hydrogens is 283 g/mol. The molecule has 21 heavy (non-hydrogen) atoms. The number of thiophene rings is 1. The Morgan fingerprint density at radius 3 is 2.67 bits per heavy atom. The number of benzene rings is 1. The number of halogens is 1. The largest absolute Gasteiger partial charge is 0.494 e. The van der Waals surface area contributed by atoms with E-state index in [-0.39, 0.29) is 5.82 Å². The number of rotatable bonds is 4. The third-order valence-electron chi connectivity index (χ3n) is 4.78. The second kappa shape index (κ2) is 6.35. The Labute approximate surface area is 130 Å². The van der Waals surface area contributed by atoms with Gasteiger partial charge in [-0.25, -0.2) is 4.39 Å². The van der Waals surface area contributed by atoms with Crippen LogP contribution in [0.5, 0.6) is 5.75 Å². The first-order chi connectivity index (χ1) is 10.2. The molecule has 1 nitrogen and oxygen atoms in total. The first-order valence-electron chi connectivity index (χ1n) is 7.98. The maximum absolute atomic E-state index is 14.3. The average Bonchev–Trinajstić information content (AvgIpc) is 2.94. The summed E-state index contributed by atoms with van der Waals surface area (Å²) in [6.07, 6.45) is 7.85. The molecule has 1 aromatic heterocycles. The molecule has 0 saturated heterocycles. The van der Waals surface area contributed by atoms with Crippen molar-refractivity contribution in [2.75, 3.05) is 7.11 Å². The van der Waals surface area contributed by atoms with E-state index in [9.17, 15) is 4.39 Å². The van der Waals surface area contributed by atoms with Gasteiger partial charge in [0, 0.05) is 4.88 Å². The van der Waals surface area contributed by atoms with Crippen LogP contribution in [0.4, 0.5) is 4.39 Å². The maximum Gasteiger partial charge on any atom is 0.182 e. The summed E-state index contributed by atoms with van der Waals surface area (Å²) in [5, 5.41) is 1.02. The Morgan fingerprint density at radius 2 is 2.00 bits per heavy atom. The normalized spacial score (nSPS) is 22.6. The van der Waals surface area contributed by atoms with E-state index in [4.69, 9.17) is 4.74 Å². The Bertz CT molecular complexity index is 611. The average molecular weight is 306 g/mol. The summed E-state index contributed by atoms with van der Waals surface area (Å²) in [7, 11) is 1.52. The van der Waals surface area contributed by atoms with Crippen molar-refractivity contribution in [3.8, 4) is 5.75 Å². The molecule has 0 atom stereocenters. The number of hydrogen-bond donors (Lipinski definition) is 0. The number of methoxy groups -OCH3 is 1. The minimum atomic E-state index is -0.203. The molecule has 1 aromatic carbocycles. The Hall–Kier alpha value is -1.09. The van der Waals surface area contributed by atoms with Crippen molar-refractivity contribution in [2.45, 2.75) is 51.4 Å². The van der Waals surface area contributed by atoms with Crippen LogP contribution in [0.2, 0.25) is 0 Å². The zero-order valence-corrected chi connectivity index (χ0v) is 13.6. The van der Waals surface area contributed by atoms with Crippen molar-refractivity contribution in [3.05, 3.63) is 28.9 Å². The van der Waals surface area contributed by atoms with Gasteiger partial charge < -0.3 is 4.74 Å². The topological polar surface area (TPSA) is 9.23 Å². The molecule has 1 saturated carbocycles. The third kappa shape index (κ3) is 2.94. The number of hydrogen-bond acceptors (Lipinski definition) is 2. The molecule has 1 aliphatic rings. The second-order valence-electron chi connectivity index (χ2n) is 6.16. The van der Waals surface area contributed by atoms with E-state index in [1.807, 2.05) is 6.07 Å². The standard InChI is InChI=1S/C18H23FOS/c1-3-4-12-5-7-13(8-6-12)16-11-14-9-10-15(20-2)17(19)18(14)21-16/h9-13H,3-8H2,1-2H3. The SMILES string of the molecule is CCCC1CCC(c2cc3ccc(OC)c(F)c3s2)CC1. The molecule has 0 spiro atoms. The van der Waals surface area contributed by atoms with E-state index in [1.165, 1.54) is 50.5 Å². The lowest BCUT2D eigenvalue weighted by Crippen LogP contribution is -2.12. The Morgan fingerprint density at radius 1 is 1.24 bits per heavy atom. The van der Waals surface area contributed by atoms with Gasteiger partial charge in [-0.1, -0.05) is 19.8 Å². The predicted molar refractivity (Wildman–Crippen MR) is 87.9 cm³/mol. The van der Waals surface area contributed by atoms with E-state index in [1.54, 1.807) is 17.4 Å². The lowest BCUT2D eigenvalue weighted by atomic mass is 9.79. The van der Waals surface area contributed by atoms with E-state index < -0.39 is 0 Å². The van der Waals surface area contributed by atoms with Gasteiger partial charge in [0.1, 0.15) is 0 Å². The zero-order chi connectivity index (χ0) is 14.8. The smallest absolute Gasteiger partial charge is 0.182 e. The Balaban J connectivity index is 1.81. The van der Waals surface area contributed by atoms with Gasteiger partial charge in [-0.2, -0.15) is 0 Å². The highest BCUT2D eigenvalue weighted by atomic mass is 32.1. The molecule has 0 bridgehead atoms. The molecule has 2 aromatic rings. The summed E-state index contributed by atoms with van der Waals surface area (Å²) in [5.41, 5.74) is 0. The number of ether oxygens (including phenoxy) is 1. The summed E-state index contributed by atoms with van der Waals surface area (Å²) in [4.78, 5) is 1.35. The minimum Gasteiger partial charge on any atom is -0.494 e. The van der Waals surface area contributed by atoms with E-state index >= 15 is 0 Å². The third-order valence-corrected chi connectivity index (χ3v) is 6.08. The maximum atomic E-state index is 14.3. The summed E-state index contributed by atoms with van der Waals surface area (Å²) in [6.45, 7) is 2.27. The molecule has 3 rings (SSSR count). The van der Waals surface area contributed by atoms with Crippen LogP contribution in [-0.4, -0.2) is 7.11 Å². The van der Waals surface area contributed by atoms with E-state index in [2.05, 4.69) is 13.0 Å². The van der Waals surface area contributed by atoms with Crippen molar-refractivity contribution in [2.24, 2.45) is 5.92 Å². The summed E-state index contributed by atoms with van der Waals surface area (Å²) in [6, 6.07) is 5.89. The molecule has 0 amide bonds. The van der Waals surface area contributed by atoms with Gasteiger partial charge in [-0.3, -0.25) is 0 Å². The van der Waals surface area contributed by atoms with Crippen molar-refractivity contribution in [1.29, 1.82) is 0 Å². The van der Waals surface area contributed by atoms with Gasteiger partial charge in [-0.15, -0.1) is 11.3 Å². The zero-order valence-electron chi connectivity index (χ0n) is 12.8. The van der Waals surface area contributed by atoms with E-state index in [0.29, 0.717) is 11.7 Å². The molecule has 1 fully saturated rings. The fraction of sp³-hybridized carbons (Fsp3) is 0.556.